The van der Waals surface area contributed by atoms with Crippen molar-refractivity contribution in [1.82, 2.24) is 4.90 Å². The van der Waals surface area contributed by atoms with Crippen molar-refractivity contribution in [1.29, 1.82) is 0 Å². The quantitative estimate of drug-likeness (QED) is 0.703. The van der Waals surface area contributed by atoms with Crippen LogP contribution in [0.3, 0.4) is 0 Å². The Hall–Kier alpha value is -3.31. The summed E-state index contributed by atoms with van der Waals surface area (Å²) in [4.78, 5) is 16.0. The fraction of sp³-hybridized carbons (Fsp3) is 0.208. The molecule has 5 nitrogen and oxygen atoms in total. The molecule has 3 N–H and O–H groups in total. The molecule has 1 aliphatic heterocycles. The van der Waals surface area contributed by atoms with Gasteiger partial charge in [-0.05, 0) is 41.0 Å². The number of anilines is 1. The fourth-order valence-electron chi connectivity index (χ4n) is 3.81. The summed E-state index contributed by atoms with van der Waals surface area (Å²) in [5, 5.41) is 10.2. The highest BCUT2D eigenvalue weighted by molar-refractivity contribution is 5.94. The summed E-state index contributed by atoms with van der Waals surface area (Å²) in [7, 11) is 0. The van der Waals surface area contributed by atoms with Crippen LogP contribution in [0.15, 0.2) is 72.8 Å². The maximum Gasteiger partial charge on any atom is 0.248 e. The Morgan fingerprint density at radius 2 is 1.59 bits per heavy atom. The summed E-state index contributed by atoms with van der Waals surface area (Å²) >= 11 is 0. The number of nitrogens with zero attached hydrogens (tertiary/aromatic N) is 2. The Labute approximate surface area is 171 Å². The maximum absolute atomic E-state index is 11.4. The predicted octanol–water partition coefficient (Wildman–Crippen LogP) is 3.48. The summed E-state index contributed by atoms with van der Waals surface area (Å²) in [5.41, 5.74) is 10.2. The van der Waals surface area contributed by atoms with Gasteiger partial charge in [-0.1, -0.05) is 48.5 Å². The van der Waals surface area contributed by atoms with Gasteiger partial charge in [0, 0.05) is 38.3 Å². The number of rotatable bonds is 5. The normalized spacial score (nSPS) is 14.7. The summed E-state index contributed by atoms with van der Waals surface area (Å²) in [6, 6.07) is 23.9. The molecular formula is C24H25N3O2. The van der Waals surface area contributed by atoms with Crippen LogP contribution in [0.5, 0.6) is 5.75 Å². The average Bonchev–Trinajstić information content (AvgIpc) is 2.75. The van der Waals surface area contributed by atoms with E-state index in [9.17, 15) is 9.90 Å². The first-order valence-corrected chi connectivity index (χ1v) is 9.84. The highest BCUT2D eigenvalue weighted by atomic mass is 16.3. The Bertz CT molecular complexity index is 996. The number of phenolic OH excluding ortho intramolecular Hbond substituents is 1. The zero-order chi connectivity index (χ0) is 20.2. The van der Waals surface area contributed by atoms with Crippen LogP contribution >= 0.6 is 0 Å². The van der Waals surface area contributed by atoms with Crippen LogP contribution in [0.1, 0.15) is 15.9 Å². The smallest absolute Gasteiger partial charge is 0.248 e. The number of nitrogens with two attached hydrogens (primary N) is 1. The molecule has 0 saturated carbocycles. The first-order valence-electron chi connectivity index (χ1n) is 9.84. The number of phenols is 1. The van der Waals surface area contributed by atoms with Gasteiger partial charge in [0.15, 0.2) is 0 Å². The number of piperazine rings is 1. The van der Waals surface area contributed by atoms with Crippen LogP contribution in [-0.4, -0.2) is 42.1 Å². The lowest BCUT2D eigenvalue weighted by molar-refractivity contribution is 0.100. The average molecular weight is 387 g/mol. The van der Waals surface area contributed by atoms with Crippen LogP contribution < -0.4 is 10.6 Å². The minimum absolute atomic E-state index is 0.180. The first kappa shape index (κ1) is 19.0. The molecule has 1 aliphatic rings. The van der Waals surface area contributed by atoms with Crippen LogP contribution in [0.2, 0.25) is 0 Å². The van der Waals surface area contributed by atoms with Crippen LogP contribution in [0, 0.1) is 0 Å². The zero-order valence-corrected chi connectivity index (χ0v) is 16.3. The molecule has 1 saturated heterocycles. The minimum atomic E-state index is -0.483. The molecule has 0 aliphatic carbocycles. The fourth-order valence-corrected chi connectivity index (χ4v) is 3.81. The molecule has 148 valence electrons. The molecule has 1 amide bonds. The lowest BCUT2D eigenvalue weighted by Crippen LogP contribution is -2.46. The van der Waals surface area contributed by atoms with Crippen molar-refractivity contribution in [3.63, 3.8) is 0 Å². The van der Waals surface area contributed by atoms with Crippen molar-refractivity contribution in [3.05, 3.63) is 83.9 Å². The highest BCUT2D eigenvalue weighted by Gasteiger charge is 2.20. The Morgan fingerprint density at radius 1 is 0.862 bits per heavy atom. The standard InChI is InChI=1S/C24H25N3O2/c25-24(29)21-9-10-23(28)22(16-21)27-13-11-26(12-14-27)17-18-5-4-8-20(15-18)19-6-2-1-3-7-19/h1-10,15-16,28H,11-14,17H2,(H2,25,29). The van der Waals surface area contributed by atoms with Gasteiger partial charge in [-0.15, -0.1) is 0 Å². The number of carbonyl (C=O) groups is 1. The molecule has 0 aromatic heterocycles. The van der Waals surface area contributed by atoms with Gasteiger partial charge in [-0.2, -0.15) is 0 Å². The monoisotopic (exact) mass is 387 g/mol. The molecule has 4 rings (SSSR count). The van der Waals surface area contributed by atoms with E-state index in [2.05, 4.69) is 58.3 Å². The van der Waals surface area contributed by atoms with E-state index >= 15 is 0 Å². The van der Waals surface area contributed by atoms with Gasteiger partial charge in [-0.25, -0.2) is 0 Å². The van der Waals surface area contributed by atoms with Gasteiger partial charge in [0.05, 0.1) is 5.69 Å². The minimum Gasteiger partial charge on any atom is -0.506 e. The number of primary amides is 1. The largest absolute Gasteiger partial charge is 0.506 e. The summed E-state index contributed by atoms with van der Waals surface area (Å²) < 4.78 is 0. The molecule has 0 spiro atoms. The molecule has 1 heterocycles. The third-order valence-corrected chi connectivity index (χ3v) is 5.41. The van der Waals surface area contributed by atoms with Gasteiger partial charge >= 0.3 is 0 Å². The van der Waals surface area contributed by atoms with Crippen LogP contribution in [-0.2, 0) is 6.54 Å². The number of carbonyl (C=O) groups excluding carboxylic acids is 1. The van der Waals surface area contributed by atoms with Crippen LogP contribution in [0.25, 0.3) is 11.1 Å². The first-order chi connectivity index (χ1) is 14.1. The second-order valence-corrected chi connectivity index (χ2v) is 7.40. The third kappa shape index (κ3) is 4.41. The zero-order valence-electron chi connectivity index (χ0n) is 16.3. The maximum atomic E-state index is 11.4. The molecule has 3 aromatic rings. The van der Waals surface area contributed by atoms with Crippen molar-refractivity contribution >= 4 is 11.6 Å². The molecule has 0 atom stereocenters. The van der Waals surface area contributed by atoms with E-state index in [1.165, 1.54) is 22.8 Å². The van der Waals surface area contributed by atoms with Gasteiger partial charge in [0.2, 0.25) is 5.91 Å². The van der Waals surface area contributed by atoms with Crippen molar-refractivity contribution in [2.45, 2.75) is 6.54 Å². The van der Waals surface area contributed by atoms with E-state index in [4.69, 9.17) is 5.73 Å². The van der Waals surface area contributed by atoms with Crippen molar-refractivity contribution < 1.29 is 9.90 Å². The van der Waals surface area contributed by atoms with Crippen molar-refractivity contribution in [2.75, 3.05) is 31.1 Å². The SMILES string of the molecule is NC(=O)c1ccc(O)c(N2CCN(Cc3cccc(-c4ccccc4)c3)CC2)c1. The molecule has 0 radical (unpaired) electrons. The Balaban J connectivity index is 1.41. The molecular weight excluding hydrogens is 362 g/mol. The van der Waals surface area contributed by atoms with E-state index in [1.54, 1.807) is 12.1 Å². The van der Waals surface area contributed by atoms with E-state index in [0.717, 1.165) is 32.7 Å². The molecule has 5 heteroatoms. The molecule has 3 aromatic carbocycles. The molecule has 0 bridgehead atoms. The topological polar surface area (TPSA) is 69.8 Å². The van der Waals surface area contributed by atoms with E-state index in [1.807, 2.05) is 6.07 Å². The lowest BCUT2D eigenvalue weighted by Gasteiger charge is -2.36. The Kier molecular flexibility index (Phi) is 5.49. The van der Waals surface area contributed by atoms with Crippen molar-refractivity contribution in [2.24, 2.45) is 5.73 Å². The highest BCUT2D eigenvalue weighted by Crippen LogP contribution is 2.29. The summed E-state index contributed by atoms with van der Waals surface area (Å²) in [6.07, 6.45) is 0. The second-order valence-electron chi connectivity index (χ2n) is 7.40. The lowest BCUT2D eigenvalue weighted by atomic mass is 10.0. The number of amides is 1. The van der Waals surface area contributed by atoms with Gasteiger partial charge < -0.3 is 15.7 Å². The number of hydrogen-bond acceptors (Lipinski definition) is 4. The van der Waals surface area contributed by atoms with Gasteiger partial charge in [0.1, 0.15) is 5.75 Å². The Morgan fingerprint density at radius 3 is 2.31 bits per heavy atom. The van der Waals surface area contributed by atoms with Crippen LogP contribution in [0.4, 0.5) is 5.69 Å². The van der Waals surface area contributed by atoms with Gasteiger partial charge in [0.25, 0.3) is 0 Å². The van der Waals surface area contributed by atoms with Crippen molar-refractivity contribution in [3.8, 4) is 16.9 Å². The summed E-state index contributed by atoms with van der Waals surface area (Å²) in [6.45, 7) is 4.23. The predicted molar refractivity (Wildman–Crippen MR) is 116 cm³/mol. The number of aromatic hydroxyl groups is 1. The number of benzene rings is 3. The summed E-state index contributed by atoms with van der Waals surface area (Å²) in [5.74, 6) is -0.304. The van der Waals surface area contributed by atoms with Gasteiger partial charge in [-0.3, -0.25) is 9.69 Å². The third-order valence-electron chi connectivity index (χ3n) is 5.41. The molecule has 1 fully saturated rings. The molecule has 0 unspecified atom stereocenters. The van der Waals surface area contributed by atoms with E-state index in [-0.39, 0.29) is 5.75 Å². The second kappa shape index (κ2) is 8.37. The van der Waals surface area contributed by atoms with E-state index in [0.29, 0.717) is 11.3 Å². The number of hydrogen-bond donors (Lipinski definition) is 2. The molecule has 29 heavy (non-hydrogen) atoms. The van der Waals surface area contributed by atoms with E-state index < -0.39 is 5.91 Å².